The van der Waals surface area contributed by atoms with Gasteiger partial charge in [0.25, 0.3) is 11.8 Å². The van der Waals surface area contributed by atoms with E-state index in [2.05, 4.69) is 10.6 Å². The van der Waals surface area contributed by atoms with Gasteiger partial charge in [0.2, 0.25) is 0 Å². The molecule has 0 aliphatic carbocycles. The van der Waals surface area contributed by atoms with E-state index < -0.39 is 23.8 Å². The fourth-order valence-electron chi connectivity index (χ4n) is 5.12. The van der Waals surface area contributed by atoms with Crippen molar-refractivity contribution in [3.63, 3.8) is 0 Å². The van der Waals surface area contributed by atoms with Crippen LogP contribution in [-0.2, 0) is 0 Å². The first-order valence-corrected chi connectivity index (χ1v) is 12.8. The summed E-state index contributed by atoms with van der Waals surface area (Å²) in [5.74, 6) is -4.15. The second-order valence-corrected chi connectivity index (χ2v) is 10.4. The van der Waals surface area contributed by atoms with Crippen molar-refractivity contribution in [1.29, 1.82) is 0 Å². The van der Waals surface area contributed by atoms with Crippen molar-refractivity contribution in [3.05, 3.63) is 65.6 Å². The number of carboxylic acids is 2. The van der Waals surface area contributed by atoms with Crippen molar-refractivity contribution in [1.82, 2.24) is 10.6 Å². The lowest BCUT2D eigenvalue weighted by molar-refractivity contribution is 0.0695. The Bertz CT molecular complexity index is 1970. The van der Waals surface area contributed by atoms with E-state index in [0.717, 1.165) is 6.07 Å². The average Bonchev–Trinajstić information content (AvgIpc) is 2.90. The molecule has 5 aromatic carbocycles. The molecule has 4 N–H and O–H groups in total. The first kappa shape index (κ1) is 27.3. The van der Waals surface area contributed by atoms with Crippen molar-refractivity contribution in [3.8, 4) is 0 Å². The number of hydrogen-bond acceptors (Lipinski definition) is 4. The van der Waals surface area contributed by atoms with Gasteiger partial charge in [0, 0.05) is 56.8 Å². The highest BCUT2D eigenvalue weighted by Gasteiger charge is 2.33. The quantitative estimate of drug-likeness (QED) is 0.124. The molecule has 0 radical (unpaired) electrons. The summed E-state index contributed by atoms with van der Waals surface area (Å²) < 4.78 is 0. The third-order valence-corrected chi connectivity index (χ3v) is 8.64. The molecule has 0 unspecified atom stereocenters. The number of fused-ring (bicyclic) bond motifs is 2. The van der Waals surface area contributed by atoms with Gasteiger partial charge in [-0.3, -0.25) is 9.59 Å². The number of rotatable bonds is 4. The summed E-state index contributed by atoms with van der Waals surface area (Å²) in [4.78, 5) is 50.6. The van der Waals surface area contributed by atoms with Gasteiger partial charge in [-0.15, -0.1) is 0 Å². The second-order valence-electron chi connectivity index (χ2n) is 8.47. The number of carbonyl (C=O) groups is 4. The molecule has 0 heterocycles. The summed E-state index contributed by atoms with van der Waals surface area (Å²) in [5, 5.41) is 25.0. The molecule has 0 aromatic heterocycles. The van der Waals surface area contributed by atoms with E-state index in [1.165, 1.54) is 26.2 Å². The third kappa shape index (κ3) is 3.59. The largest absolute Gasteiger partial charge is 0.478 e. The topological polar surface area (TPSA) is 133 Å². The molecule has 0 bridgehead atoms. The highest BCUT2D eigenvalue weighted by atomic mass is 35.5. The van der Waals surface area contributed by atoms with Crippen LogP contribution in [0.5, 0.6) is 0 Å². The van der Waals surface area contributed by atoms with Crippen LogP contribution in [0.2, 0.25) is 25.1 Å². The van der Waals surface area contributed by atoms with E-state index in [9.17, 15) is 29.4 Å². The molecule has 5 aromatic rings. The predicted octanol–water partition coefficient (Wildman–Crippen LogP) is 7.12. The number of nitrogens with one attached hydrogen (secondary N) is 2. The molecule has 0 spiro atoms. The average molecular weight is 627 g/mol. The van der Waals surface area contributed by atoms with Gasteiger partial charge in [-0.1, -0.05) is 64.1 Å². The fraction of sp³-hybridized carbons (Fsp3) is 0.0769. The molecule has 198 valence electrons. The first-order chi connectivity index (χ1) is 18.4. The maximum atomic E-state index is 13.1. The lowest BCUT2D eigenvalue weighted by atomic mass is 9.84. The monoisotopic (exact) mass is 624 g/mol. The minimum Gasteiger partial charge on any atom is -0.478 e. The van der Waals surface area contributed by atoms with Crippen LogP contribution in [0.3, 0.4) is 0 Å². The normalized spacial score (nSPS) is 11.6. The second kappa shape index (κ2) is 9.43. The van der Waals surface area contributed by atoms with Crippen LogP contribution in [0.4, 0.5) is 0 Å². The smallest absolute Gasteiger partial charge is 0.336 e. The highest BCUT2D eigenvalue weighted by molar-refractivity contribution is 6.58. The van der Waals surface area contributed by atoms with Crippen LogP contribution in [-0.4, -0.2) is 48.1 Å². The Balaban J connectivity index is 2.32. The highest BCUT2D eigenvalue weighted by Crippen LogP contribution is 2.54. The van der Waals surface area contributed by atoms with E-state index in [-0.39, 0.29) is 90.5 Å². The number of benzene rings is 5. The Morgan fingerprint density at radius 3 is 1.59 bits per heavy atom. The number of halogens is 5. The Labute approximate surface area is 243 Å². The van der Waals surface area contributed by atoms with E-state index in [0.29, 0.717) is 0 Å². The van der Waals surface area contributed by atoms with Crippen molar-refractivity contribution in [2.24, 2.45) is 0 Å². The molecule has 39 heavy (non-hydrogen) atoms. The van der Waals surface area contributed by atoms with Crippen molar-refractivity contribution in [2.75, 3.05) is 14.1 Å². The van der Waals surface area contributed by atoms with Gasteiger partial charge >= 0.3 is 11.9 Å². The van der Waals surface area contributed by atoms with Crippen LogP contribution in [0.25, 0.3) is 43.1 Å². The maximum Gasteiger partial charge on any atom is 0.336 e. The van der Waals surface area contributed by atoms with Crippen molar-refractivity contribution in [2.45, 2.75) is 0 Å². The van der Waals surface area contributed by atoms with Crippen LogP contribution in [0.15, 0.2) is 18.2 Å². The summed E-state index contributed by atoms with van der Waals surface area (Å²) >= 11 is 33.6. The molecule has 5 rings (SSSR count). The molecule has 2 amide bonds. The van der Waals surface area contributed by atoms with Gasteiger partial charge in [-0.25, -0.2) is 9.59 Å². The Morgan fingerprint density at radius 1 is 0.590 bits per heavy atom. The molecular weight excluding hydrogens is 614 g/mol. The van der Waals surface area contributed by atoms with Crippen LogP contribution in [0.1, 0.15) is 41.4 Å². The number of aromatic carboxylic acids is 2. The zero-order chi connectivity index (χ0) is 28.7. The summed E-state index contributed by atoms with van der Waals surface area (Å²) in [6.07, 6.45) is 0. The zero-order valence-corrected chi connectivity index (χ0v) is 23.4. The number of amides is 2. The predicted molar refractivity (Wildman–Crippen MR) is 153 cm³/mol. The minimum atomic E-state index is -1.42. The van der Waals surface area contributed by atoms with Crippen LogP contribution < -0.4 is 10.6 Å². The van der Waals surface area contributed by atoms with Gasteiger partial charge in [-0.2, -0.15) is 0 Å². The van der Waals surface area contributed by atoms with E-state index >= 15 is 0 Å². The van der Waals surface area contributed by atoms with Gasteiger partial charge in [0.1, 0.15) is 0 Å². The third-order valence-electron chi connectivity index (χ3n) is 6.64. The molecule has 0 aliphatic heterocycles. The molecule has 8 nitrogen and oxygen atoms in total. The van der Waals surface area contributed by atoms with Crippen LogP contribution in [0, 0.1) is 0 Å². The first-order valence-electron chi connectivity index (χ1n) is 10.9. The lowest BCUT2D eigenvalue weighted by Gasteiger charge is -2.23. The minimum absolute atomic E-state index is 0.0296. The summed E-state index contributed by atoms with van der Waals surface area (Å²) in [6, 6.07) is 3.77. The Hall–Kier alpha value is -3.27. The summed E-state index contributed by atoms with van der Waals surface area (Å²) in [7, 11) is 2.73. The lowest BCUT2D eigenvalue weighted by Crippen LogP contribution is -2.23. The standard InChI is InChI=1S/C26H13Cl5N2O6/c1-32-23(34)17-15-14-12(19(28)21(17)30)6-3-4-7(25(36)37)10-8(26(38)39)5-9(27)13(11(6)10)16(14)20(29)22(31)18(15)24(35)33-2/h3-5H,1-2H3,(H,32,34)(H,33,35)(H,36,37)(H,38,39). The van der Waals surface area contributed by atoms with Gasteiger partial charge in [0.05, 0.1) is 42.3 Å². The molecule has 0 atom stereocenters. The van der Waals surface area contributed by atoms with Gasteiger partial charge in [0.15, 0.2) is 0 Å². The number of carboxylic acid groups (broad SMARTS) is 2. The zero-order valence-electron chi connectivity index (χ0n) is 19.6. The molecule has 0 aliphatic rings. The Kier molecular flexibility index (Phi) is 6.60. The molecule has 0 saturated carbocycles. The molecular formula is C26H13Cl5N2O6. The van der Waals surface area contributed by atoms with Crippen molar-refractivity contribution < 1.29 is 29.4 Å². The molecule has 13 heteroatoms. The van der Waals surface area contributed by atoms with E-state index in [1.807, 2.05) is 0 Å². The summed E-state index contributed by atoms with van der Waals surface area (Å²) in [5.41, 5.74) is -0.980. The summed E-state index contributed by atoms with van der Waals surface area (Å²) in [6.45, 7) is 0. The Morgan fingerprint density at radius 2 is 1.10 bits per heavy atom. The van der Waals surface area contributed by atoms with E-state index in [4.69, 9.17) is 58.0 Å². The van der Waals surface area contributed by atoms with Crippen LogP contribution >= 0.6 is 58.0 Å². The SMILES string of the molecule is CNC(=O)c1c(Cl)c(Cl)c2c3ccc(C(=O)O)c4c(C(=O)O)cc(Cl)c(c5c(Cl)c(Cl)c(C(=O)NC)c1c25)c43. The fourth-order valence-corrected chi connectivity index (χ4v) is 6.55. The van der Waals surface area contributed by atoms with Gasteiger partial charge in [-0.05, 0) is 17.5 Å². The number of hydrogen-bond donors (Lipinski definition) is 4. The maximum absolute atomic E-state index is 13.1. The number of carbonyl (C=O) groups excluding carboxylic acids is 2. The van der Waals surface area contributed by atoms with Crippen molar-refractivity contribution >= 4 is 125 Å². The van der Waals surface area contributed by atoms with Gasteiger partial charge < -0.3 is 20.8 Å². The molecule has 0 fully saturated rings. The van der Waals surface area contributed by atoms with E-state index in [1.54, 1.807) is 0 Å². The molecule has 0 saturated heterocycles.